The maximum absolute atomic E-state index is 13.9. The van der Waals surface area contributed by atoms with Gasteiger partial charge in [0.15, 0.2) is 0 Å². The molecule has 1 N–H and O–H groups in total. The Morgan fingerprint density at radius 3 is 2.52 bits per heavy atom. The molecular formula is C19H24F4N4O2. The van der Waals surface area contributed by atoms with E-state index >= 15 is 0 Å². The highest BCUT2D eigenvalue weighted by atomic mass is 19.4. The van der Waals surface area contributed by atoms with E-state index in [4.69, 9.17) is 0 Å². The minimum atomic E-state index is -4.85. The van der Waals surface area contributed by atoms with Crippen molar-refractivity contribution in [3.05, 3.63) is 17.7 Å². The third-order valence-electron chi connectivity index (χ3n) is 6.55. The summed E-state index contributed by atoms with van der Waals surface area (Å²) in [4.78, 5) is 24.0. The molecule has 3 fully saturated rings. The molecule has 2 aliphatic heterocycles. The van der Waals surface area contributed by atoms with Crippen LogP contribution in [0, 0.1) is 11.4 Å². The van der Waals surface area contributed by atoms with Gasteiger partial charge in [-0.25, -0.2) is 4.98 Å². The minimum Gasteiger partial charge on any atom is -0.393 e. The lowest BCUT2D eigenvalue weighted by molar-refractivity contribution is -0.140. The van der Waals surface area contributed by atoms with Gasteiger partial charge in [0, 0.05) is 31.9 Å². The summed E-state index contributed by atoms with van der Waals surface area (Å²) in [7, 11) is 0. The van der Waals surface area contributed by atoms with Crippen molar-refractivity contribution < 1.29 is 27.5 Å². The van der Waals surface area contributed by atoms with Gasteiger partial charge in [-0.1, -0.05) is 0 Å². The van der Waals surface area contributed by atoms with Crippen LogP contribution in [0.3, 0.4) is 0 Å². The molecule has 6 nitrogen and oxygen atoms in total. The first kappa shape index (κ1) is 20.3. The molecule has 1 atom stereocenters. The highest BCUT2D eigenvalue weighted by molar-refractivity contribution is 5.86. The highest BCUT2D eigenvalue weighted by Crippen LogP contribution is 2.43. The van der Waals surface area contributed by atoms with Crippen LogP contribution in [0.2, 0.25) is 0 Å². The van der Waals surface area contributed by atoms with E-state index in [1.54, 1.807) is 4.90 Å². The fraction of sp³-hybridized carbons (Fsp3) is 0.737. The summed E-state index contributed by atoms with van der Waals surface area (Å²) in [6.07, 6.45) is 0.264. The first-order chi connectivity index (χ1) is 13.7. The number of aliphatic hydroxyl groups excluding tert-OH is 1. The number of aromatic nitrogens is 2. The van der Waals surface area contributed by atoms with Crippen molar-refractivity contribution in [3.8, 4) is 0 Å². The lowest BCUT2D eigenvalue weighted by atomic mass is 9.78. The number of piperidine rings is 1. The van der Waals surface area contributed by atoms with Gasteiger partial charge in [0.1, 0.15) is 5.56 Å². The Balaban J connectivity index is 1.50. The number of alkyl halides is 3. The molecule has 3 heterocycles. The van der Waals surface area contributed by atoms with Crippen LogP contribution in [0.1, 0.15) is 50.5 Å². The average molecular weight is 416 g/mol. The molecule has 0 unspecified atom stereocenters. The van der Waals surface area contributed by atoms with Gasteiger partial charge in [-0.05, 0) is 44.9 Å². The zero-order valence-electron chi connectivity index (χ0n) is 16.0. The van der Waals surface area contributed by atoms with E-state index < -0.39 is 23.1 Å². The third-order valence-corrected chi connectivity index (χ3v) is 6.55. The Morgan fingerprint density at radius 1 is 1.14 bits per heavy atom. The molecule has 160 valence electrons. The standard InChI is InChI=1S/C19H24F4N4O2/c20-15-14(19(21,22)23)10-24-17(25-15)26-8-1-6-18(11-26)7-9-27(16(18)29)12-2-4-13(28)5-3-12/h10,12-13,28H,1-9,11H2/t12?,13?,18-/m0/s1. The van der Waals surface area contributed by atoms with Gasteiger partial charge in [0.05, 0.1) is 11.5 Å². The smallest absolute Gasteiger partial charge is 0.393 e. The molecule has 0 aromatic carbocycles. The largest absolute Gasteiger partial charge is 0.422 e. The molecule has 1 aromatic heterocycles. The number of nitrogens with zero attached hydrogens (tertiary/aromatic N) is 4. The van der Waals surface area contributed by atoms with Crippen molar-refractivity contribution in [2.45, 2.75) is 63.3 Å². The van der Waals surface area contributed by atoms with Gasteiger partial charge < -0.3 is 14.9 Å². The average Bonchev–Trinajstić information content (AvgIpc) is 2.97. The SMILES string of the molecule is O=C1N(C2CCC(O)CC2)CC[C@]12CCCN(c1ncc(C(F)(F)F)c(F)n1)C2. The van der Waals surface area contributed by atoms with E-state index in [9.17, 15) is 27.5 Å². The van der Waals surface area contributed by atoms with Crippen LogP contribution in [0.15, 0.2) is 6.20 Å². The molecule has 4 rings (SSSR count). The summed E-state index contributed by atoms with van der Waals surface area (Å²) < 4.78 is 52.2. The van der Waals surface area contributed by atoms with Crippen molar-refractivity contribution in [1.29, 1.82) is 0 Å². The van der Waals surface area contributed by atoms with Crippen molar-refractivity contribution in [1.82, 2.24) is 14.9 Å². The Morgan fingerprint density at radius 2 is 1.86 bits per heavy atom. The fourth-order valence-electron chi connectivity index (χ4n) is 4.94. The van der Waals surface area contributed by atoms with Gasteiger partial charge in [0.25, 0.3) is 0 Å². The molecule has 0 bridgehead atoms. The van der Waals surface area contributed by atoms with Crippen LogP contribution in [0.25, 0.3) is 0 Å². The first-order valence-electron chi connectivity index (χ1n) is 10.0. The number of aliphatic hydroxyl groups is 1. The topological polar surface area (TPSA) is 69.6 Å². The Labute approximate surface area is 165 Å². The van der Waals surface area contributed by atoms with Crippen LogP contribution in [-0.2, 0) is 11.0 Å². The fourth-order valence-corrected chi connectivity index (χ4v) is 4.94. The number of hydrogen-bond acceptors (Lipinski definition) is 5. The zero-order chi connectivity index (χ0) is 20.8. The van der Waals surface area contributed by atoms with Gasteiger partial charge in [-0.2, -0.15) is 22.5 Å². The number of carbonyl (C=O) groups is 1. The summed E-state index contributed by atoms with van der Waals surface area (Å²) >= 11 is 0. The third kappa shape index (κ3) is 3.78. The molecule has 1 aromatic rings. The highest BCUT2D eigenvalue weighted by Gasteiger charge is 2.51. The monoisotopic (exact) mass is 416 g/mol. The second kappa shape index (κ2) is 7.37. The van der Waals surface area contributed by atoms with Gasteiger partial charge in [-0.15, -0.1) is 0 Å². The van der Waals surface area contributed by atoms with Crippen molar-refractivity contribution in [2.24, 2.45) is 5.41 Å². The summed E-state index contributed by atoms with van der Waals surface area (Å²) in [5.74, 6) is -1.65. The number of rotatable bonds is 2. The number of carbonyl (C=O) groups excluding carboxylic acids is 1. The summed E-state index contributed by atoms with van der Waals surface area (Å²) in [5, 5.41) is 9.71. The van der Waals surface area contributed by atoms with Crippen LogP contribution >= 0.6 is 0 Å². The molecule has 1 aliphatic carbocycles. The Bertz CT molecular complexity index is 782. The number of anilines is 1. The van der Waals surface area contributed by atoms with Crippen LogP contribution in [0.5, 0.6) is 0 Å². The predicted octanol–water partition coefficient (Wildman–Crippen LogP) is 2.76. The molecular weight excluding hydrogens is 392 g/mol. The summed E-state index contributed by atoms with van der Waals surface area (Å²) in [5.41, 5.74) is -2.12. The predicted molar refractivity (Wildman–Crippen MR) is 95.5 cm³/mol. The molecule has 1 amide bonds. The number of amides is 1. The van der Waals surface area contributed by atoms with Crippen molar-refractivity contribution in [2.75, 3.05) is 24.5 Å². The van der Waals surface area contributed by atoms with Crippen LogP contribution in [-0.4, -0.2) is 57.7 Å². The lowest BCUT2D eigenvalue weighted by Crippen LogP contribution is -2.50. The second-order valence-corrected chi connectivity index (χ2v) is 8.39. The normalized spacial score (nSPS) is 31.0. The molecule has 1 saturated carbocycles. The minimum absolute atomic E-state index is 0.0518. The molecule has 2 saturated heterocycles. The van der Waals surface area contributed by atoms with E-state index in [1.165, 1.54) is 0 Å². The molecule has 0 radical (unpaired) electrons. The van der Waals surface area contributed by atoms with E-state index in [1.807, 2.05) is 4.90 Å². The van der Waals surface area contributed by atoms with Gasteiger partial charge >= 0.3 is 6.18 Å². The maximum atomic E-state index is 13.9. The maximum Gasteiger partial charge on any atom is 0.422 e. The summed E-state index contributed by atoms with van der Waals surface area (Å²) in [6, 6.07) is 0.125. The molecule has 3 aliphatic rings. The number of halogens is 4. The van der Waals surface area contributed by atoms with Crippen LogP contribution in [0.4, 0.5) is 23.5 Å². The van der Waals surface area contributed by atoms with E-state index in [2.05, 4.69) is 9.97 Å². The van der Waals surface area contributed by atoms with Crippen molar-refractivity contribution >= 4 is 11.9 Å². The quantitative estimate of drug-likeness (QED) is 0.593. The first-order valence-corrected chi connectivity index (χ1v) is 10.0. The number of likely N-dealkylation sites (tertiary alicyclic amines) is 1. The number of hydrogen-bond donors (Lipinski definition) is 1. The zero-order valence-corrected chi connectivity index (χ0v) is 16.0. The van der Waals surface area contributed by atoms with E-state index in [0.717, 1.165) is 12.8 Å². The Hall–Kier alpha value is -1.97. The van der Waals surface area contributed by atoms with E-state index in [0.29, 0.717) is 51.4 Å². The van der Waals surface area contributed by atoms with Gasteiger partial charge in [-0.3, -0.25) is 4.79 Å². The second-order valence-electron chi connectivity index (χ2n) is 8.39. The van der Waals surface area contributed by atoms with E-state index in [-0.39, 0.29) is 30.5 Å². The molecule has 29 heavy (non-hydrogen) atoms. The molecule has 1 spiro atoms. The summed E-state index contributed by atoms with van der Waals surface area (Å²) in [6.45, 7) is 1.38. The van der Waals surface area contributed by atoms with Crippen LogP contribution < -0.4 is 4.90 Å². The van der Waals surface area contributed by atoms with Gasteiger partial charge in [0.2, 0.25) is 17.8 Å². The Kier molecular flexibility index (Phi) is 5.16. The molecule has 10 heteroatoms. The van der Waals surface area contributed by atoms with Crippen molar-refractivity contribution in [3.63, 3.8) is 0 Å². The lowest BCUT2D eigenvalue weighted by Gasteiger charge is -2.40.